The third-order valence-electron chi connectivity index (χ3n) is 2.43. The van der Waals surface area contributed by atoms with Crippen molar-refractivity contribution in [2.75, 3.05) is 11.1 Å². The first-order valence-corrected chi connectivity index (χ1v) is 5.39. The molecule has 0 bridgehead atoms. The van der Waals surface area contributed by atoms with Gasteiger partial charge in [-0.1, -0.05) is 0 Å². The fourth-order valence-electron chi connectivity index (χ4n) is 1.59. The summed E-state index contributed by atoms with van der Waals surface area (Å²) in [5.74, 6) is -5.41. The minimum Gasteiger partial charge on any atom is -0.399 e. The van der Waals surface area contributed by atoms with Gasteiger partial charge in [-0.05, 0) is 18.2 Å². The molecule has 0 saturated carbocycles. The van der Waals surface area contributed by atoms with Crippen LogP contribution in [0.15, 0.2) is 30.3 Å². The van der Waals surface area contributed by atoms with E-state index in [1.54, 1.807) is 0 Å². The van der Waals surface area contributed by atoms with E-state index < -0.39 is 34.9 Å². The highest BCUT2D eigenvalue weighted by atomic mass is 19.1. The van der Waals surface area contributed by atoms with Gasteiger partial charge in [-0.25, -0.2) is 17.6 Å². The first-order valence-electron chi connectivity index (χ1n) is 5.39. The summed E-state index contributed by atoms with van der Waals surface area (Å²) in [5, 5.41) is 1.90. The Morgan fingerprint density at radius 2 is 1.45 bits per heavy atom. The molecule has 0 heterocycles. The number of carbonyl (C=O) groups excluding carboxylic acids is 1. The largest absolute Gasteiger partial charge is 0.399 e. The maximum Gasteiger partial charge on any atom is 0.255 e. The molecule has 0 aliphatic heterocycles. The van der Waals surface area contributed by atoms with Crippen LogP contribution in [0.3, 0.4) is 0 Å². The van der Waals surface area contributed by atoms with E-state index >= 15 is 0 Å². The van der Waals surface area contributed by atoms with Crippen molar-refractivity contribution in [1.29, 1.82) is 0 Å². The zero-order valence-corrected chi connectivity index (χ0v) is 9.88. The van der Waals surface area contributed by atoms with Crippen molar-refractivity contribution in [1.82, 2.24) is 0 Å². The van der Waals surface area contributed by atoms with E-state index in [0.717, 1.165) is 18.2 Å². The van der Waals surface area contributed by atoms with Gasteiger partial charge in [-0.2, -0.15) is 0 Å². The maximum absolute atomic E-state index is 13.4. The van der Waals surface area contributed by atoms with E-state index in [0.29, 0.717) is 12.1 Å². The minimum atomic E-state index is -1.28. The number of amides is 1. The fraction of sp³-hybridized carbons (Fsp3) is 0. The number of hydrogen-bond acceptors (Lipinski definition) is 2. The highest BCUT2D eigenvalue weighted by Crippen LogP contribution is 2.21. The molecule has 0 aliphatic rings. The van der Waals surface area contributed by atoms with Crippen LogP contribution in [0.4, 0.5) is 28.9 Å². The van der Waals surface area contributed by atoms with Crippen molar-refractivity contribution in [3.63, 3.8) is 0 Å². The van der Waals surface area contributed by atoms with Gasteiger partial charge in [0.25, 0.3) is 5.91 Å². The lowest BCUT2D eigenvalue weighted by Crippen LogP contribution is -2.15. The minimum absolute atomic E-state index is 0.0183. The summed E-state index contributed by atoms with van der Waals surface area (Å²) in [4.78, 5) is 11.7. The zero-order chi connectivity index (χ0) is 14.9. The lowest BCUT2D eigenvalue weighted by atomic mass is 10.1. The van der Waals surface area contributed by atoms with Crippen LogP contribution >= 0.6 is 0 Å². The molecule has 0 unspecified atom stereocenters. The molecule has 104 valence electrons. The lowest BCUT2D eigenvalue weighted by Gasteiger charge is -2.08. The molecular formula is C13H8F4N2O. The summed E-state index contributed by atoms with van der Waals surface area (Å²) < 4.78 is 52.5. The van der Waals surface area contributed by atoms with Crippen molar-refractivity contribution < 1.29 is 22.4 Å². The van der Waals surface area contributed by atoms with Gasteiger partial charge < -0.3 is 11.1 Å². The molecule has 2 aromatic rings. The van der Waals surface area contributed by atoms with Gasteiger partial charge in [0, 0.05) is 23.4 Å². The fourth-order valence-corrected chi connectivity index (χ4v) is 1.59. The highest BCUT2D eigenvalue weighted by molar-refractivity contribution is 6.04. The van der Waals surface area contributed by atoms with Crippen LogP contribution in [0, 0.1) is 23.3 Å². The molecule has 7 heteroatoms. The predicted molar refractivity (Wildman–Crippen MR) is 65.1 cm³/mol. The Kier molecular flexibility index (Phi) is 3.60. The van der Waals surface area contributed by atoms with Crippen LogP contribution in [0.1, 0.15) is 10.4 Å². The van der Waals surface area contributed by atoms with Crippen molar-refractivity contribution in [2.24, 2.45) is 0 Å². The molecule has 1 amide bonds. The molecule has 20 heavy (non-hydrogen) atoms. The normalized spacial score (nSPS) is 10.4. The zero-order valence-electron chi connectivity index (χ0n) is 9.88. The molecule has 0 radical (unpaired) electrons. The average molecular weight is 284 g/mol. The number of hydrogen-bond donors (Lipinski definition) is 2. The molecule has 0 atom stereocenters. The molecule has 2 rings (SSSR count). The van der Waals surface area contributed by atoms with Crippen molar-refractivity contribution in [3.8, 4) is 0 Å². The molecule has 0 aromatic heterocycles. The van der Waals surface area contributed by atoms with Crippen LogP contribution in [-0.2, 0) is 0 Å². The molecule has 0 aliphatic carbocycles. The number of nitrogens with one attached hydrogen (secondary N) is 1. The molecule has 0 fully saturated rings. The van der Waals surface area contributed by atoms with Crippen LogP contribution < -0.4 is 11.1 Å². The summed E-state index contributed by atoms with van der Waals surface area (Å²) >= 11 is 0. The number of nitrogen functional groups attached to an aromatic ring is 1. The highest BCUT2D eigenvalue weighted by Gasteiger charge is 2.16. The number of carbonyl (C=O) groups is 1. The summed E-state index contributed by atoms with van der Waals surface area (Å²) in [6.45, 7) is 0. The molecular weight excluding hydrogens is 276 g/mol. The predicted octanol–water partition coefficient (Wildman–Crippen LogP) is 3.08. The quantitative estimate of drug-likeness (QED) is 0.657. The number of benzene rings is 2. The van der Waals surface area contributed by atoms with Crippen LogP contribution in [0.5, 0.6) is 0 Å². The van der Waals surface area contributed by atoms with Gasteiger partial charge in [-0.15, -0.1) is 0 Å². The Labute approximate surface area is 111 Å². The van der Waals surface area contributed by atoms with Gasteiger partial charge in [0.1, 0.15) is 17.3 Å². The van der Waals surface area contributed by atoms with Crippen molar-refractivity contribution in [2.45, 2.75) is 0 Å². The molecule has 3 nitrogen and oxygen atoms in total. The second kappa shape index (κ2) is 5.20. The Morgan fingerprint density at radius 3 is 2.00 bits per heavy atom. The number of nitrogens with two attached hydrogens (primary N) is 1. The third-order valence-corrected chi connectivity index (χ3v) is 2.43. The number of halogens is 4. The smallest absolute Gasteiger partial charge is 0.255 e. The van der Waals surface area contributed by atoms with E-state index in [1.807, 2.05) is 5.32 Å². The Balaban J connectivity index is 2.32. The molecule has 0 saturated heterocycles. The van der Waals surface area contributed by atoms with Gasteiger partial charge in [0.05, 0.1) is 0 Å². The Morgan fingerprint density at radius 1 is 0.900 bits per heavy atom. The first-order chi connectivity index (χ1) is 9.36. The van der Waals surface area contributed by atoms with Crippen LogP contribution in [0.2, 0.25) is 0 Å². The van der Waals surface area contributed by atoms with E-state index in [-0.39, 0.29) is 11.3 Å². The summed E-state index contributed by atoms with van der Waals surface area (Å²) in [6, 6.07) is 3.80. The summed E-state index contributed by atoms with van der Waals surface area (Å²) in [6.07, 6.45) is 0. The van der Waals surface area contributed by atoms with E-state index in [4.69, 9.17) is 5.73 Å². The second-order valence-corrected chi connectivity index (χ2v) is 3.97. The van der Waals surface area contributed by atoms with Gasteiger partial charge in [-0.3, -0.25) is 4.79 Å². The van der Waals surface area contributed by atoms with E-state index in [1.165, 1.54) is 0 Å². The SMILES string of the molecule is Nc1cc(F)cc(C(=O)Nc2c(F)cc(F)cc2F)c1. The van der Waals surface area contributed by atoms with E-state index in [2.05, 4.69) is 0 Å². The monoisotopic (exact) mass is 284 g/mol. The van der Waals surface area contributed by atoms with Gasteiger partial charge in [0.15, 0.2) is 11.6 Å². The first kappa shape index (κ1) is 13.9. The van der Waals surface area contributed by atoms with Crippen molar-refractivity contribution in [3.05, 3.63) is 59.2 Å². The maximum atomic E-state index is 13.4. The molecule has 2 aromatic carbocycles. The second-order valence-electron chi connectivity index (χ2n) is 3.97. The lowest BCUT2D eigenvalue weighted by molar-refractivity contribution is 0.102. The van der Waals surface area contributed by atoms with Crippen LogP contribution in [-0.4, -0.2) is 5.91 Å². The summed E-state index contributed by atoms with van der Waals surface area (Å²) in [5.41, 5.74) is 4.30. The number of anilines is 2. The number of rotatable bonds is 2. The van der Waals surface area contributed by atoms with Crippen LogP contribution in [0.25, 0.3) is 0 Å². The third kappa shape index (κ3) is 2.87. The van der Waals surface area contributed by atoms with Gasteiger partial charge in [0.2, 0.25) is 0 Å². The van der Waals surface area contributed by atoms with Gasteiger partial charge >= 0.3 is 0 Å². The molecule has 0 spiro atoms. The van der Waals surface area contributed by atoms with E-state index in [9.17, 15) is 22.4 Å². The standard InChI is InChI=1S/C13H8F4N2O/c14-7-1-6(2-9(18)3-7)13(20)19-12-10(16)4-8(15)5-11(12)17/h1-5H,18H2,(H,19,20). The molecule has 3 N–H and O–H groups in total. The topological polar surface area (TPSA) is 55.1 Å². The Bertz CT molecular complexity index is 645. The average Bonchev–Trinajstić information content (AvgIpc) is 2.32. The summed E-state index contributed by atoms with van der Waals surface area (Å²) in [7, 11) is 0. The van der Waals surface area contributed by atoms with Crippen molar-refractivity contribution >= 4 is 17.3 Å². The Hall–Kier alpha value is -2.57.